The maximum atomic E-state index is 12.6. The molecule has 0 aromatic heterocycles. The van der Waals surface area contributed by atoms with Crippen LogP contribution in [0.15, 0.2) is 47.4 Å². The third kappa shape index (κ3) is 4.85. The van der Waals surface area contributed by atoms with Gasteiger partial charge in [0.2, 0.25) is 0 Å². The molecule has 1 amide bonds. The normalized spacial score (nSPS) is 11.2. The average molecular weight is 375 g/mol. The lowest BCUT2D eigenvalue weighted by atomic mass is 10.1. The number of benzene rings is 2. The van der Waals surface area contributed by atoms with Crippen molar-refractivity contribution in [2.75, 3.05) is 18.3 Å². The molecule has 0 aliphatic rings. The number of nitrogens with zero attached hydrogens (tertiary/aromatic N) is 1. The van der Waals surface area contributed by atoms with Crippen LogP contribution < -0.4 is 4.72 Å². The number of amides is 1. The summed E-state index contributed by atoms with van der Waals surface area (Å²) in [6, 6.07) is 11.7. The molecular formula is C20H26N2O3S. The van der Waals surface area contributed by atoms with E-state index in [2.05, 4.69) is 11.6 Å². The van der Waals surface area contributed by atoms with Gasteiger partial charge < -0.3 is 4.90 Å². The highest BCUT2D eigenvalue weighted by Gasteiger charge is 2.17. The van der Waals surface area contributed by atoms with Gasteiger partial charge in [0.15, 0.2) is 0 Å². The Morgan fingerprint density at radius 3 is 2.35 bits per heavy atom. The zero-order valence-corrected chi connectivity index (χ0v) is 16.6. The van der Waals surface area contributed by atoms with Crippen molar-refractivity contribution in [2.24, 2.45) is 0 Å². The van der Waals surface area contributed by atoms with E-state index in [1.165, 1.54) is 12.1 Å². The molecule has 0 radical (unpaired) electrons. The highest BCUT2D eigenvalue weighted by Crippen LogP contribution is 2.21. The largest absolute Gasteiger partial charge is 0.342 e. The first-order valence-electron chi connectivity index (χ1n) is 8.70. The van der Waals surface area contributed by atoms with E-state index in [0.717, 1.165) is 24.0 Å². The molecule has 26 heavy (non-hydrogen) atoms. The van der Waals surface area contributed by atoms with Gasteiger partial charge in [0.05, 0.1) is 10.6 Å². The Balaban J connectivity index is 2.18. The van der Waals surface area contributed by atoms with E-state index >= 15 is 0 Å². The van der Waals surface area contributed by atoms with Gasteiger partial charge in [-0.05, 0) is 61.7 Å². The van der Waals surface area contributed by atoms with Crippen molar-refractivity contribution in [2.45, 2.75) is 38.5 Å². The fourth-order valence-corrected chi connectivity index (χ4v) is 3.67. The molecule has 1 N–H and O–H groups in total. The molecule has 0 bridgehead atoms. The van der Waals surface area contributed by atoms with E-state index in [-0.39, 0.29) is 10.8 Å². The van der Waals surface area contributed by atoms with Crippen molar-refractivity contribution in [1.29, 1.82) is 0 Å². The second kappa shape index (κ2) is 8.36. The number of hydrogen-bond acceptors (Lipinski definition) is 3. The lowest BCUT2D eigenvalue weighted by molar-refractivity contribution is 0.0793. The lowest BCUT2D eigenvalue weighted by Gasteiger charge is -2.17. The highest BCUT2D eigenvalue weighted by molar-refractivity contribution is 7.92. The first-order chi connectivity index (χ1) is 12.2. The Morgan fingerprint density at radius 2 is 1.73 bits per heavy atom. The van der Waals surface area contributed by atoms with Gasteiger partial charge in [0, 0.05) is 19.2 Å². The minimum atomic E-state index is -3.70. The summed E-state index contributed by atoms with van der Waals surface area (Å²) in [5.41, 5.74) is 2.87. The molecule has 0 aliphatic heterocycles. The van der Waals surface area contributed by atoms with Crippen molar-refractivity contribution in [1.82, 2.24) is 4.90 Å². The van der Waals surface area contributed by atoms with Crippen LogP contribution in [0.5, 0.6) is 0 Å². The van der Waals surface area contributed by atoms with E-state index in [1.54, 1.807) is 30.1 Å². The Labute approximate surface area is 156 Å². The number of anilines is 1. The Kier molecular flexibility index (Phi) is 6.42. The summed E-state index contributed by atoms with van der Waals surface area (Å²) in [7, 11) is -1.95. The zero-order chi connectivity index (χ0) is 19.3. The minimum absolute atomic E-state index is 0.107. The van der Waals surface area contributed by atoms with Crippen molar-refractivity contribution in [3.05, 3.63) is 59.2 Å². The van der Waals surface area contributed by atoms with Crippen LogP contribution in [0.3, 0.4) is 0 Å². The molecule has 140 valence electrons. The van der Waals surface area contributed by atoms with Crippen LogP contribution in [0.4, 0.5) is 5.69 Å². The summed E-state index contributed by atoms with van der Waals surface area (Å²) in [5.74, 6) is -0.107. The molecule has 0 saturated heterocycles. The van der Waals surface area contributed by atoms with Gasteiger partial charge in [0.1, 0.15) is 0 Å². The molecule has 0 spiro atoms. The van der Waals surface area contributed by atoms with Gasteiger partial charge in [-0.3, -0.25) is 9.52 Å². The maximum Gasteiger partial charge on any atom is 0.261 e. The Bertz CT molecular complexity index is 874. The van der Waals surface area contributed by atoms with Crippen LogP contribution in [-0.2, 0) is 10.0 Å². The third-order valence-electron chi connectivity index (χ3n) is 4.24. The minimum Gasteiger partial charge on any atom is -0.342 e. The molecule has 2 rings (SSSR count). The lowest BCUT2D eigenvalue weighted by Crippen LogP contribution is -2.27. The number of rotatable bonds is 7. The molecule has 2 aromatic carbocycles. The monoisotopic (exact) mass is 374 g/mol. The summed E-state index contributed by atoms with van der Waals surface area (Å²) in [5, 5.41) is 0. The molecule has 0 saturated carbocycles. The van der Waals surface area contributed by atoms with Gasteiger partial charge >= 0.3 is 0 Å². The quantitative estimate of drug-likeness (QED) is 0.797. The van der Waals surface area contributed by atoms with Crippen molar-refractivity contribution < 1.29 is 13.2 Å². The fraction of sp³-hybridized carbons (Fsp3) is 0.350. The standard InChI is InChI=1S/C20H26N2O3S/c1-5-6-13-22(4)20(23)17-9-11-18(12-10-17)26(24,25)21-19-14-15(2)7-8-16(19)3/h7-12,14,21H,5-6,13H2,1-4H3. The summed E-state index contributed by atoms with van der Waals surface area (Å²) in [6.07, 6.45) is 1.95. The molecule has 0 unspecified atom stereocenters. The van der Waals surface area contributed by atoms with Crippen LogP contribution in [-0.4, -0.2) is 32.8 Å². The molecule has 0 atom stereocenters. The predicted octanol–water partition coefficient (Wildman–Crippen LogP) is 3.98. The zero-order valence-electron chi connectivity index (χ0n) is 15.7. The van der Waals surface area contributed by atoms with Gasteiger partial charge in [-0.1, -0.05) is 25.5 Å². The van der Waals surface area contributed by atoms with Crippen LogP contribution >= 0.6 is 0 Å². The smallest absolute Gasteiger partial charge is 0.261 e. The molecule has 0 aliphatic carbocycles. The summed E-state index contributed by atoms with van der Waals surface area (Å²) < 4.78 is 27.8. The molecule has 5 nitrogen and oxygen atoms in total. The first kappa shape index (κ1) is 20.0. The number of sulfonamides is 1. The third-order valence-corrected chi connectivity index (χ3v) is 5.62. The van der Waals surface area contributed by atoms with Gasteiger partial charge in [0.25, 0.3) is 15.9 Å². The highest BCUT2D eigenvalue weighted by atomic mass is 32.2. The van der Waals surface area contributed by atoms with Crippen molar-refractivity contribution in [3.63, 3.8) is 0 Å². The Morgan fingerprint density at radius 1 is 1.08 bits per heavy atom. The van der Waals surface area contributed by atoms with E-state index < -0.39 is 10.0 Å². The SMILES string of the molecule is CCCCN(C)C(=O)c1ccc(S(=O)(=O)Nc2cc(C)ccc2C)cc1. The first-order valence-corrected chi connectivity index (χ1v) is 10.2. The van der Waals surface area contributed by atoms with Gasteiger partial charge in [-0.25, -0.2) is 8.42 Å². The number of unbranched alkanes of at least 4 members (excludes halogenated alkanes) is 1. The molecule has 2 aromatic rings. The van der Waals surface area contributed by atoms with E-state index in [4.69, 9.17) is 0 Å². The number of carbonyl (C=O) groups excluding carboxylic acids is 1. The average Bonchev–Trinajstić information content (AvgIpc) is 2.62. The topological polar surface area (TPSA) is 66.5 Å². The Hall–Kier alpha value is -2.34. The predicted molar refractivity (Wildman–Crippen MR) is 105 cm³/mol. The summed E-state index contributed by atoms with van der Waals surface area (Å²) in [4.78, 5) is 14.1. The second-order valence-electron chi connectivity index (χ2n) is 6.53. The molecular weight excluding hydrogens is 348 g/mol. The van der Waals surface area contributed by atoms with Crippen LogP contribution in [0, 0.1) is 13.8 Å². The van der Waals surface area contributed by atoms with Crippen LogP contribution in [0.25, 0.3) is 0 Å². The number of nitrogens with one attached hydrogen (secondary N) is 1. The molecule has 0 heterocycles. The van der Waals surface area contributed by atoms with E-state index in [0.29, 0.717) is 17.8 Å². The van der Waals surface area contributed by atoms with Crippen molar-refractivity contribution >= 4 is 21.6 Å². The number of carbonyl (C=O) groups is 1. The number of aryl methyl sites for hydroxylation is 2. The van der Waals surface area contributed by atoms with Crippen LogP contribution in [0.1, 0.15) is 41.3 Å². The fourth-order valence-electron chi connectivity index (χ4n) is 2.54. The van der Waals surface area contributed by atoms with Crippen molar-refractivity contribution in [3.8, 4) is 0 Å². The van der Waals surface area contributed by atoms with Crippen LogP contribution in [0.2, 0.25) is 0 Å². The summed E-state index contributed by atoms with van der Waals surface area (Å²) >= 11 is 0. The van der Waals surface area contributed by atoms with Gasteiger partial charge in [-0.2, -0.15) is 0 Å². The molecule has 6 heteroatoms. The summed E-state index contributed by atoms with van der Waals surface area (Å²) in [6.45, 7) is 6.52. The molecule has 0 fully saturated rings. The van der Waals surface area contributed by atoms with Gasteiger partial charge in [-0.15, -0.1) is 0 Å². The maximum absolute atomic E-state index is 12.6. The van der Waals surface area contributed by atoms with E-state index in [9.17, 15) is 13.2 Å². The van der Waals surface area contributed by atoms with E-state index in [1.807, 2.05) is 26.0 Å². The number of hydrogen-bond donors (Lipinski definition) is 1. The second-order valence-corrected chi connectivity index (χ2v) is 8.21.